The molecule has 3 aliphatic rings. The van der Waals surface area contributed by atoms with Gasteiger partial charge in [-0.25, -0.2) is 137 Å². The van der Waals surface area contributed by atoms with E-state index in [1.165, 1.54) is 48.5 Å². The number of halogens is 29. The fraction of sp³-hybridized carbons (Fsp3) is 0. The van der Waals surface area contributed by atoms with E-state index in [0.717, 1.165) is 72.8 Å². The van der Waals surface area contributed by atoms with Crippen LogP contribution in [0.5, 0.6) is 0 Å². The normalized spacial score (nSPS) is 13.9. The van der Waals surface area contributed by atoms with Gasteiger partial charge in [0.05, 0.1) is 72.7 Å². The van der Waals surface area contributed by atoms with Crippen LogP contribution in [-0.2, 0) is 0 Å². The molecule has 0 amide bonds. The van der Waals surface area contributed by atoms with Crippen LogP contribution in [0.2, 0.25) is 0 Å². The van der Waals surface area contributed by atoms with E-state index < -0.39 is 352 Å². The Morgan fingerprint density at radius 3 is 0.824 bits per heavy atom. The average molecular weight is 1750 g/mol. The molecule has 6 nitrogen and oxygen atoms in total. The minimum atomic E-state index is -2.95. The molecule has 10 aromatic carbocycles. The molecule has 0 unspecified atom stereocenters. The molecule has 0 radical (unpaired) electrons. The van der Waals surface area contributed by atoms with Crippen LogP contribution in [0.3, 0.4) is 0 Å². The molecule has 0 atom stereocenters. The molecule has 0 spiro atoms. The Bertz CT molecular complexity index is 7770. The SMILES string of the molecule is Fc1c(F)c(F)c(C2=C3N=C(C(c4ccccc4)=C3c3ccccc3)C(c3c(F)c(F)c(F)c(F)c3F)=c3ccc([nH]3)=c3c4c(F)c(F)c(F)c(F)c4n4c(ccc34)C(c3c(F)c(F)c(F)c(F)c3F)=C3N=C(C(c4ccccc4)=C3c3ccccc3)C(c3c(F)c(F)c(F)c(F)c3F)=c3ccc([nH]3)=C(c3c(F)c(F)c(F)c(F)c3F)c3ccc2[nH]3)c(F)c1F. The Morgan fingerprint density at radius 2 is 0.464 bits per heavy atom. The largest absolute Gasteiger partial charge is 0.354 e. The van der Waals surface area contributed by atoms with Gasteiger partial charge in [0.25, 0.3) is 0 Å². The molecule has 624 valence electrons. The van der Waals surface area contributed by atoms with Gasteiger partial charge < -0.3 is 19.4 Å². The molecule has 125 heavy (non-hydrogen) atoms. The third kappa shape index (κ3) is 11.8. The summed E-state index contributed by atoms with van der Waals surface area (Å²) in [6.07, 6.45) is 0. The first-order chi connectivity index (χ1) is 59.7. The summed E-state index contributed by atoms with van der Waals surface area (Å²) >= 11 is 0. The highest BCUT2D eigenvalue weighted by Gasteiger charge is 2.44. The number of aromatic amines is 3. The summed E-state index contributed by atoms with van der Waals surface area (Å²) in [7, 11) is 0. The summed E-state index contributed by atoms with van der Waals surface area (Å²) in [4.78, 5) is 16.2. The first kappa shape index (κ1) is 81.1. The molecule has 8 heterocycles. The summed E-state index contributed by atoms with van der Waals surface area (Å²) in [5.74, 6) is -82.4. The zero-order valence-electron chi connectivity index (χ0n) is 61.0. The van der Waals surface area contributed by atoms with Gasteiger partial charge in [0.2, 0.25) is 29.1 Å². The first-order valence-corrected chi connectivity index (χ1v) is 35.8. The van der Waals surface area contributed by atoms with Gasteiger partial charge in [-0.3, -0.25) is 0 Å². The minimum absolute atomic E-state index is 0.174. The van der Waals surface area contributed by atoms with Crippen LogP contribution >= 0.6 is 0 Å². The smallest absolute Gasteiger partial charge is 0.200 e. The van der Waals surface area contributed by atoms with Crippen molar-refractivity contribution in [3.8, 4) is 0 Å². The zero-order valence-corrected chi connectivity index (χ0v) is 61.0. The maximum Gasteiger partial charge on any atom is 0.200 e. The van der Waals surface area contributed by atoms with Crippen molar-refractivity contribution in [1.29, 1.82) is 0 Å². The second-order valence-corrected chi connectivity index (χ2v) is 27.8. The van der Waals surface area contributed by atoms with Crippen molar-refractivity contribution >= 4 is 78.0 Å². The molecule has 14 bridgehead atoms. The molecule has 35 heteroatoms. The molecular formula is C90H31F29N6. The Morgan fingerprint density at radius 1 is 0.200 bits per heavy atom. The van der Waals surface area contributed by atoms with E-state index in [2.05, 4.69) is 24.9 Å². The number of aromatic nitrogens is 4. The molecule has 5 aromatic heterocycles. The standard InChI is InChI=1S/C90H31F29N6/c91-57-51(58(92)69(103)79(113)68(57)102)45-33-21-24-36(120-33)47(52-59(93)70(104)80(114)71(105)60(52)94)86-41(29-13-5-1-6-14-29)42(30-15-7-2-8-16-30)87(123-86)49(54-63(97)74(108)82(116)75(109)64(54)98)38-26-23-35(122-38)46-39-27-28-40(125(39)90-56(46)67(101)78(112)84(118)85(90)119)50(55-65(99)76(110)83(117)77(111)66(55)100)89-44(32-19-11-4-12-20-32)43(31-17-9-3-10-18-31)88(124-89)48(37-25-22-34(45)121-37)53-61(95)72(106)81(115)73(107)62(53)96/h1-28,120-122H. The lowest BCUT2D eigenvalue weighted by molar-refractivity contribution is 0.376. The summed E-state index contributed by atoms with van der Waals surface area (Å²) in [5, 5.41) is -7.46. The Labute approximate surface area is 675 Å². The Hall–Kier alpha value is -14.9. The number of nitrogens with zero attached hydrogens (tertiary/aromatic N) is 3. The van der Waals surface area contributed by atoms with Crippen molar-refractivity contribution in [2.45, 2.75) is 0 Å². The monoisotopic (exact) mass is 1750 g/mol. The van der Waals surface area contributed by atoms with E-state index in [0.29, 0.717) is 48.5 Å². The summed E-state index contributed by atoms with van der Waals surface area (Å²) in [5.41, 5.74) is -36.0. The average Bonchev–Trinajstić information content (AvgIpc) is 1.54. The van der Waals surface area contributed by atoms with Crippen LogP contribution in [0.1, 0.15) is 67.2 Å². The van der Waals surface area contributed by atoms with Crippen LogP contribution in [-0.4, -0.2) is 30.8 Å². The van der Waals surface area contributed by atoms with Crippen LogP contribution in [0, 0.1) is 179 Å². The topological polar surface area (TPSA) is 76.5 Å². The summed E-state index contributed by atoms with van der Waals surface area (Å²) in [6, 6.07) is 27.2. The fourth-order valence-electron chi connectivity index (χ4n) is 15.8. The van der Waals surface area contributed by atoms with Gasteiger partial charge in [0.1, 0.15) is 0 Å². The van der Waals surface area contributed by atoms with E-state index in [4.69, 9.17) is 0 Å². The van der Waals surface area contributed by atoms with E-state index >= 15 is 127 Å². The van der Waals surface area contributed by atoms with Gasteiger partial charge in [-0.1, -0.05) is 121 Å². The Balaban J connectivity index is 1.18. The number of rotatable bonds is 9. The van der Waals surface area contributed by atoms with E-state index in [-0.39, 0.29) is 4.40 Å². The van der Waals surface area contributed by atoms with Gasteiger partial charge >= 0.3 is 0 Å². The molecule has 15 aromatic rings. The second-order valence-electron chi connectivity index (χ2n) is 27.8. The summed E-state index contributed by atoms with van der Waals surface area (Å²) in [6.45, 7) is 0. The van der Waals surface area contributed by atoms with Crippen molar-refractivity contribution in [1.82, 2.24) is 19.4 Å². The van der Waals surface area contributed by atoms with Crippen LogP contribution in [0.25, 0.3) is 66.6 Å². The minimum Gasteiger partial charge on any atom is -0.354 e. The number of fused-ring (bicyclic) bond motifs is 10. The van der Waals surface area contributed by atoms with Crippen molar-refractivity contribution in [2.75, 3.05) is 0 Å². The lowest BCUT2D eigenvalue weighted by Crippen LogP contribution is -2.24. The van der Waals surface area contributed by atoms with Crippen molar-refractivity contribution in [3.63, 3.8) is 0 Å². The maximum atomic E-state index is 17.9. The number of hydrogen-bond acceptors (Lipinski definition) is 2. The number of benzene rings is 10. The van der Waals surface area contributed by atoms with Gasteiger partial charge in [-0.2, -0.15) is 0 Å². The highest BCUT2D eigenvalue weighted by Crippen LogP contribution is 2.53. The van der Waals surface area contributed by atoms with Crippen molar-refractivity contribution in [3.05, 3.63) is 444 Å². The van der Waals surface area contributed by atoms with Crippen LogP contribution < -0.4 is 16.0 Å². The molecule has 0 saturated heterocycles. The first-order valence-electron chi connectivity index (χ1n) is 35.8. The number of aliphatic imine (C=N–C) groups is 2. The van der Waals surface area contributed by atoms with E-state index in [1.807, 2.05) is 0 Å². The third-order valence-electron chi connectivity index (χ3n) is 21.2. The number of nitrogens with one attached hydrogen (secondary N) is 3. The Kier molecular flexibility index (Phi) is 19.3. The van der Waals surface area contributed by atoms with Gasteiger partial charge in [-0.05, 0) is 70.8 Å². The van der Waals surface area contributed by atoms with E-state index in [1.54, 1.807) is 0 Å². The molecule has 0 aliphatic carbocycles. The van der Waals surface area contributed by atoms with E-state index in [9.17, 15) is 0 Å². The lowest BCUT2D eigenvalue weighted by atomic mass is 9.85. The molecular weight excluding hydrogens is 1720 g/mol. The second kappa shape index (κ2) is 29.7. The molecule has 0 saturated carbocycles. The van der Waals surface area contributed by atoms with Gasteiger partial charge in [0.15, 0.2) is 140 Å². The predicted molar refractivity (Wildman–Crippen MR) is 393 cm³/mol. The molecule has 0 fully saturated rings. The van der Waals surface area contributed by atoms with Crippen molar-refractivity contribution in [2.24, 2.45) is 9.98 Å². The fourth-order valence-corrected chi connectivity index (χ4v) is 15.8. The highest BCUT2D eigenvalue weighted by molar-refractivity contribution is 6.52. The predicted octanol–water partition coefficient (Wildman–Crippen LogP) is 22.1. The lowest BCUT2D eigenvalue weighted by Gasteiger charge is -2.18. The zero-order chi connectivity index (χ0) is 88.7. The quantitative estimate of drug-likeness (QED) is 0.0732. The molecule has 18 rings (SSSR count). The van der Waals surface area contributed by atoms with Crippen molar-refractivity contribution < 1.29 is 127 Å². The van der Waals surface area contributed by atoms with Crippen LogP contribution in [0.15, 0.2) is 191 Å². The van der Waals surface area contributed by atoms with Crippen LogP contribution in [0.4, 0.5) is 127 Å². The summed E-state index contributed by atoms with van der Waals surface area (Å²) < 4.78 is 489. The molecule has 3 aliphatic heterocycles. The molecule has 3 N–H and O–H groups in total. The third-order valence-corrected chi connectivity index (χ3v) is 21.2. The number of allylic oxidation sites excluding steroid dienone is 4. The highest BCUT2D eigenvalue weighted by atomic mass is 19.2. The number of H-pyrrole nitrogens is 3. The van der Waals surface area contributed by atoms with Gasteiger partial charge in [-0.15, -0.1) is 0 Å². The van der Waals surface area contributed by atoms with Gasteiger partial charge in [0, 0.05) is 88.2 Å². The maximum absolute atomic E-state index is 17.9. The number of hydrogen-bond donors (Lipinski definition) is 3.